The van der Waals surface area contributed by atoms with Crippen LogP contribution in [0.25, 0.3) is 10.9 Å². The molecule has 1 aromatic heterocycles. The first kappa shape index (κ1) is 15.5. The molecular weight excluding hydrogens is 316 g/mol. The number of nitrogens with zero attached hydrogens (tertiary/aromatic N) is 2. The minimum absolute atomic E-state index is 0.0601. The van der Waals surface area contributed by atoms with E-state index in [1.807, 2.05) is 47.0 Å². The number of aromatic nitrogens is 2. The monoisotopic (exact) mass is 336 g/mol. The van der Waals surface area contributed by atoms with Crippen molar-refractivity contribution in [1.82, 2.24) is 9.55 Å². The van der Waals surface area contributed by atoms with Crippen LogP contribution in [0.5, 0.6) is 0 Å². The van der Waals surface area contributed by atoms with Gasteiger partial charge in [0.1, 0.15) is 0 Å². The normalized spacial score (nSPS) is 15.2. The molecule has 0 N–H and O–H groups in total. The van der Waals surface area contributed by atoms with E-state index in [0.29, 0.717) is 17.2 Å². The third kappa shape index (κ3) is 3.11. The third-order valence-corrected chi connectivity index (χ3v) is 5.91. The fourth-order valence-electron chi connectivity index (χ4n) is 3.30. The molecule has 1 saturated carbocycles. The zero-order valence-corrected chi connectivity index (χ0v) is 14.3. The molecule has 3 aromatic rings. The number of benzene rings is 2. The van der Waals surface area contributed by atoms with Crippen LogP contribution in [0.1, 0.15) is 31.2 Å². The summed E-state index contributed by atoms with van der Waals surface area (Å²) < 4.78 is 1.85. The molecule has 4 heteroatoms. The van der Waals surface area contributed by atoms with Crippen LogP contribution in [-0.4, -0.2) is 14.8 Å². The molecule has 0 aliphatic heterocycles. The third-order valence-electron chi connectivity index (χ3n) is 4.58. The first-order valence-corrected chi connectivity index (χ1v) is 9.39. The van der Waals surface area contributed by atoms with Crippen molar-refractivity contribution in [2.75, 3.05) is 0 Å². The van der Waals surface area contributed by atoms with Crippen molar-refractivity contribution in [3.63, 3.8) is 0 Å². The lowest BCUT2D eigenvalue weighted by atomic mass is 10.2. The molecule has 2 aromatic carbocycles. The van der Waals surface area contributed by atoms with Gasteiger partial charge in [0.25, 0.3) is 5.56 Å². The smallest absolute Gasteiger partial charge is 0.262 e. The van der Waals surface area contributed by atoms with Crippen molar-refractivity contribution in [2.45, 2.75) is 42.6 Å². The minimum Gasteiger partial charge on any atom is -0.283 e. The molecule has 0 atom stereocenters. The molecule has 4 rings (SSSR count). The highest BCUT2D eigenvalue weighted by atomic mass is 32.2. The lowest BCUT2D eigenvalue weighted by Gasteiger charge is -2.15. The van der Waals surface area contributed by atoms with Crippen LogP contribution in [0.4, 0.5) is 0 Å². The van der Waals surface area contributed by atoms with Crippen molar-refractivity contribution in [1.29, 1.82) is 0 Å². The summed E-state index contributed by atoms with van der Waals surface area (Å²) >= 11 is 1.78. The van der Waals surface area contributed by atoms with Gasteiger partial charge in [0.2, 0.25) is 0 Å². The van der Waals surface area contributed by atoms with Crippen molar-refractivity contribution < 1.29 is 0 Å². The van der Waals surface area contributed by atoms with Gasteiger partial charge in [-0.1, -0.05) is 67.1 Å². The standard InChI is InChI=1S/C20H20N2OS/c23-19-17-12-6-7-13-18(17)21-20(24-16-10-4-5-11-16)22(19)14-15-8-2-1-3-9-15/h1-3,6-9,12-13,16H,4-5,10-11,14H2. The molecule has 0 bridgehead atoms. The Morgan fingerprint density at radius 1 is 1.00 bits per heavy atom. The number of hydrogen-bond donors (Lipinski definition) is 0. The van der Waals surface area contributed by atoms with Gasteiger partial charge in [-0.2, -0.15) is 0 Å². The molecule has 1 aliphatic rings. The molecule has 3 nitrogen and oxygen atoms in total. The first-order chi connectivity index (χ1) is 11.8. The van der Waals surface area contributed by atoms with E-state index in [4.69, 9.17) is 4.98 Å². The Morgan fingerprint density at radius 2 is 1.71 bits per heavy atom. The van der Waals surface area contributed by atoms with Crippen molar-refractivity contribution >= 4 is 22.7 Å². The highest BCUT2D eigenvalue weighted by Crippen LogP contribution is 2.34. The summed E-state index contributed by atoms with van der Waals surface area (Å²) in [7, 11) is 0. The lowest BCUT2D eigenvalue weighted by molar-refractivity contribution is 0.655. The highest BCUT2D eigenvalue weighted by Gasteiger charge is 2.20. The second-order valence-corrected chi connectivity index (χ2v) is 7.58. The van der Waals surface area contributed by atoms with E-state index in [9.17, 15) is 4.79 Å². The topological polar surface area (TPSA) is 34.9 Å². The Hall–Kier alpha value is -2.07. The average Bonchev–Trinajstić information content (AvgIpc) is 3.12. The van der Waals surface area contributed by atoms with Crippen LogP contribution in [0.2, 0.25) is 0 Å². The fraction of sp³-hybridized carbons (Fsp3) is 0.300. The molecule has 0 saturated heterocycles. The maximum absolute atomic E-state index is 13.0. The van der Waals surface area contributed by atoms with Crippen LogP contribution in [-0.2, 0) is 6.54 Å². The van der Waals surface area contributed by atoms with E-state index in [-0.39, 0.29) is 5.56 Å². The van der Waals surface area contributed by atoms with Crippen molar-refractivity contribution in [3.05, 3.63) is 70.5 Å². The van der Waals surface area contributed by atoms with Gasteiger partial charge in [0, 0.05) is 5.25 Å². The predicted octanol–water partition coefficient (Wildman–Crippen LogP) is 4.48. The number of hydrogen-bond acceptors (Lipinski definition) is 3. The van der Waals surface area contributed by atoms with E-state index in [2.05, 4.69) is 12.1 Å². The van der Waals surface area contributed by atoms with Gasteiger partial charge in [0.15, 0.2) is 5.16 Å². The van der Waals surface area contributed by atoms with E-state index in [0.717, 1.165) is 16.2 Å². The summed E-state index contributed by atoms with van der Waals surface area (Å²) in [4.78, 5) is 17.9. The Kier molecular flexibility index (Phi) is 4.39. The van der Waals surface area contributed by atoms with Gasteiger partial charge in [-0.25, -0.2) is 4.98 Å². The first-order valence-electron chi connectivity index (χ1n) is 8.51. The van der Waals surface area contributed by atoms with Gasteiger partial charge in [-0.3, -0.25) is 9.36 Å². The molecule has 0 unspecified atom stereocenters. The van der Waals surface area contributed by atoms with E-state index >= 15 is 0 Å². The molecule has 0 radical (unpaired) electrons. The Morgan fingerprint density at radius 3 is 2.50 bits per heavy atom. The summed E-state index contributed by atoms with van der Waals surface area (Å²) in [6, 6.07) is 17.8. The summed E-state index contributed by atoms with van der Waals surface area (Å²) in [5.41, 5.74) is 1.99. The Labute approximate surface area is 145 Å². The molecule has 1 heterocycles. The highest BCUT2D eigenvalue weighted by molar-refractivity contribution is 7.99. The van der Waals surface area contributed by atoms with Gasteiger partial charge < -0.3 is 0 Å². The number of rotatable bonds is 4. The molecule has 0 spiro atoms. The van der Waals surface area contributed by atoms with Gasteiger partial charge >= 0.3 is 0 Å². The number of para-hydroxylation sites is 1. The maximum atomic E-state index is 13.0. The second kappa shape index (κ2) is 6.81. The second-order valence-electron chi connectivity index (χ2n) is 6.31. The van der Waals surface area contributed by atoms with E-state index in [1.165, 1.54) is 25.7 Å². The summed E-state index contributed by atoms with van der Waals surface area (Å²) in [5, 5.41) is 2.14. The Bertz CT molecular complexity index is 898. The zero-order chi connectivity index (χ0) is 16.4. The van der Waals surface area contributed by atoms with Gasteiger partial charge in [-0.05, 0) is 30.5 Å². The van der Waals surface area contributed by atoms with Crippen LogP contribution in [0, 0.1) is 0 Å². The summed E-state index contributed by atoms with van der Waals surface area (Å²) in [6.45, 7) is 0.576. The van der Waals surface area contributed by atoms with Crippen molar-refractivity contribution in [2.24, 2.45) is 0 Å². The van der Waals surface area contributed by atoms with E-state index in [1.54, 1.807) is 11.8 Å². The fourth-order valence-corrected chi connectivity index (χ4v) is 4.59. The van der Waals surface area contributed by atoms with Crippen LogP contribution >= 0.6 is 11.8 Å². The maximum Gasteiger partial charge on any atom is 0.262 e. The van der Waals surface area contributed by atoms with E-state index < -0.39 is 0 Å². The van der Waals surface area contributed by atoms with Gasteiger partial charge in [-0.15, -0.1) is 0 Å². The average molecular weight is 336 g/mol. The largest absolute Gasteiger partial charge is 0.283 e. The zero-order valence-electron chi connectivity index (χ0n) is 13.5. The summed E-state index contributed by atoms with van der Waals surface area (Å²) in [6.07, 6.45) is 5.01. The molecule has 122 valence electrons. The minimum atomic E-state index is 0.0601. The lowest BCUT2D eigenvalue weighted by Crippen LogP contribution is -2.24. The van der Waals surface area contributed by atoms with Crippen molar-refractivity contribution in [3.8, 4) is 0 Å². The predicted molar refractivity (Wildman–Crippen MR) is 99.7 cm³/mol. The molecule has 0 amide bonds. The molecular formula is C20H20N2OS. The van der Waals surface area contributed by atoms with Crippen LogP contribution in [0.3, 0.4) is 0 Å². The summed E-state index contributed by atoms with van der Waals surface area (Å²) in [5.74, 6) is 0. The molecule has 1 aliphatic carbocycles. The molecule has 1 fully saturated rings. The SMILES string of the molecule is O=c1c2ccccc2nc(SC2CCCC2)n1Cc1ccccc1. The quantitative estimate of drug-likeness (QED) is 0.659. The van der Waals surface area contributed by atoms with Crippen LogP contribution in [0.15, 0.2) is 64.5 Å². The molecule has 24 heavy (non-hydrogen) atoms. The van der Waals surface area contributed by atoms with Crippen LogP contribution < -0.4 is 5.56 Å². The van der Waals surface area contributed by atoms with Gasteiger partial charge in [0.05, 0.1) is 17.4 Å². The number of thioether (sulfide) groups is 1. The number of fused-ring (bicyclic) bond motifs is 1. The Balaban J connectivity index is 1.81.